The van der Waals surface area contributed by atoms with Gasteiger partial charge in [0.1, 0.15) is 6.04 Å². The van der Waals surface area contributed by atoms with Crippen molar-refractivity contribution in [1.29, 1.82) is 0 Å². The van der Waals surface area contributed by atoms with Crippen LogP contribution in [0.4, 0.5) is 10.5 Å². The highest BCUT2D eigenvalue weighted by molar-refractivity contribution is 7.89. The van der Waals surface area contributed by atoms with E-state index in [9.17, 15) is 18.0 Å². The van der Waals surface area contributed by atoms with E-state index in [1.165, 1.54) is 23.3 Å². The zero-order valence-electron chi connectivity index (χ0n) is 19.5. The third-order valence-corrected chi connectivity index (χ3v) is 8.08. The molecule has 0 aromatic heterocycles. The fraction of sp³-hybridized carbons (Fsp3) is 0.360. The van der Waals surface area contributed by atoms with Crippen LogP contribution in [0, 0.1) is 13.8 Å². The maximum Gasteiger partial charge on any atom is 0.332 e. The van der Waals surface area contributed by atoms with Crippen molar-refractivity contribution in [2.75, 3.05) is 37.6 Å². The number of aryl methyl sites for hydroxylation is 2. The summed E-state index contributed by atoms with van der Waals surface area (Å²) in [7, 11) is -4.07. The minimum atomic E-state index is -4.07. The van der Waals surface area contributed by atoms with Crippen LogP contribution in [-0.2, 0) is 21.2 Å². The molecule has 1 atom stereocenters. The van der Waals surface area contributed by atoms with E-state index in [2.05, 4.69) is 48.8 Å². The van der Waals surface area contributed by atoms with Crippen molar-refractivity contribution >= 4 is 27.6 Å². The van der Waals surface area contributed by atoms with Crippen LogP contribution < -0.4 is 10.2 Å². The van der Waals surface area contributed by atoms with Crippen LogP contribution >= 0.6 is 0 Å². The highest BCUT2D eigenvalue weighted by Gasteiger charge is 2.42. The first-order chi connectivity index (χ1) is 16.2. The first kappa shape index (κ1) is 23.8. The molecule has 2 aliphatic heterocycles. The van der Waals surface area contributed by atoms with Gasteiger partial charge in [0.25, 0.3) is 10.0 Å². The summed E-state index contributed by atoms with van der Waals surface area (Å²) in [5.74, 6) is -0.257. The predicted octanol–water partition coefficient (Wildman–Crippen LogP) is 2.46. The van der Waals surface area contributed by atoms with Crippen LogP contribution in [0.3, 0.4) is 0 Å². The molecule has 1 unspecified atom stereocenters. The van der Waals surface area contributed by atoms with E-state index in [0.717, 1.165) is 15.6 Å². The van der Waals surface area contributed by atoms with Gasteiger partial charge in [-0.1, -0.05) is 30.3 Å². The standard InChI is InChI=1S/C25H30N4O4S/c1-4-6-20-7-5-8-21(16-20)34(32,33)29-17-22(26-25(29)31)24(30)28-13-11-27(12-14-28)23-15-18(2)9-10-19(23)3/h4-5,7-10,15-16,22H,1,6,11-14,17H2,2-3H3,(H,26,31). The number of rotatable bonds is 6. The number of hydrogen-bond acceptors (Lipinski definition) is 5. The third kappa shape index (κ3) is 4.65. The van der Waals surface area contributed by atoms with Gasteiger partial charge in [-0.3, -0.25) is 4.79 Å². The number of urea groups is 1. The van der Waals surface area contributed by atoms with Crippen molar-refractivity contribution in [3.05, 3.63) is 71.8 Å². The summed E-state index contributed by atoms with van der Waals surface area (Å²) in [6.45, 7) is 9.95. The number of hydrogen-bond donors (Lipinski definition) is 1. The maximum atomic E-state index is 13.1. The van der Waals surface area contributed by atoms with Gasteiger partial charge in [-0.25, -0.2) is 17.5 Å². The monoisotopic (exact) mass is 482 g/mol. The summed E-state index contributed by atoms with van der Waals surface area (Å²) in [6, 6.07) is 11.1. The molecule has 0 saturated carbocycles. The van der Waals surface area contributed by atoms with Gasteiger partial charge < -0.3 is 15.1 Å². The molecule has 9 heteroatoms. The number of allylic oxidation sites excluding steroid dienone is 1. The number of carbonyl (C=O) groups excluding carboxylic acids is 2. The van der Waals surface area contributed by atoms with Gasteiger partial charge in [-0.2, -0.15) is 0 Å². The first-order valence-corrected chi connectivity index (χ1v) is 12.8. The highest BCUT2D eigenvalue weighted by atomic mass is 32.2. The largest absolute Gasteiger partial charge is 0.368 e. The highest BCUT2D eigenvalue weighted by Crippen LogP contribution is 2.24. The Labute approximate surface area is 200 Å². The summed E-state index contributed by atoms with van der Waals surface area (Å²) >= 11 is 0. The Morgan fingerprint density at radius 3 is 2.56 bits per heavy atom. The van der Waals surface area contributed by atoms with Crippen molar-refractivity contribution in [3.8, 4) is 0 Å². The molecule has 2 aliphatic rings. The Kier molecular flexibility index (Phi) is 6.65. The molecule has 4 rings (SSSR count). The quantitative estimate of drug-likeness (QED) is 0.639. The summed E-state index contributed by atoms with van der Waals surface area (Å²) in [4.78, 5) is 29.7. The van der Waals surface area contributed by atoms with Crippen LogP contribution in [0.5, 0.6) is 0 Å². The van der Waals surface area contributed by atoms with Crippen LogP contribution in [-0.4, -0.2) is 68.3 Å². The molecule has 2 aromatic carbocycles. The summed E-state index contributed by atoms with van der Waals surface area (Å²) in [5, 5.41) is 2.56. The number of anilines is 1. The molecule has 2 saturated heterocycles. The van der Waals surface area contributed by atoms with Crippen LogP contribution in [0.25, 0.3) is 0 Å². The molecular weight excluding hydrogens is 452 g/mol. The second-order valence-corrected chi connectivity index (χ2v) is 10.6. The van der Waals surface area contributed by atoms with Crippen molar-refractivity contribution in [3.63, 3.8) is 0 Å². The van der Waals surface area contributed by atoms with Crippen molar-refractivity contribution < 1.29 is 18.0 Å². The fourth-order valence-corrected chi connectivity index (χ4v) is 5.86. The molecule has 0 aliphatic carbocycles. The van der Waals surface area contributed by atoms with E-state index in [-0.39, 0.29) is 17.3 Å². The van der Waals surface area contributed by atoms with Gasteiger partial charge in [0, 0.05) is 31.9 Å². The molecule has 1 N–H and O–H groups in total. The van der Waals surface area contributed by atoms with E-state index >= 15 is 0 Å². The number of sulfonamides is 1. The number of benzene rings is 2. The van der Waals surface area contributed by atoms with Gasteiger partial charge in [0.2, 0.25) is 5.91 Å². The van der Waals surface area contributed by atoms with Gasteiger partial charge >= 0.3 is 6.03 Å². The second-order valence-electron chi connectivity index (χ2n) is 8.78. The van der Waals surface area contributed by atoms with Gasteiger partial charge in [-0.15, -0.1) is 6.58 Å². The number of nitrogens with one attached hydrogen (secondary N) is 1. The lowest BCUT2D eigenvalue weighted by Crippen LogP contribution is -2.54. The van der Waals surface area contributed by atoms with Crippen molar-refractivity contribution in [2.45, 2.75) is 31.2 Å². The lowest BCUT2D eigenvalue weighted by atomic mass is 10.1. The van der Waals surface area contributed by atoms with Crippen LogP contribution in [0.15, 0.2) is 60.0 Å². The molecule has 0 spiro atoms. The van der Waals surface area contributed by atoms with E-state index in [4.69, 9.17) is 0 Å². The van der Waals surface area contributed by atoms with E-state index in [1.54, 1.807) is 23.1 Å². The van der Waals surface area contributed by atoms with Gasteiger partial charge in [0.15, 0.2) is 0 Å². The third-order valence-electron chi connectivity index (χ3n) is 6.33. The van der Waals surface area contributed by atoms with Crippen molar-refractivity contribution in [2.24, 2.45) is 0 Å². The molecule has 0 radical (unpaired) electrons. The van der Waals surface area contributed by atoms with E-state index in [1.807, 2.05) is 0 Å². The second kappa shape index (κ2) is 9.50. The Balaban J connectivity index is 1.42. The number of amides is 3. The van der Waals surface area contributed by atoms with Gasteiger partial charge in [0.05, 0.1) is 11.4 Å². The number of piperazine rings is 1. The van der Waals surface area contributed by atoms with Crippen LogP contribution in [0.2, 0.25) is 0 Å². The average Bonchev–Trinajstić information content (AvgIpc) is 3.23. The normalized spacial score (nSPS) is 18.7. The molecule has 180 valence electrons. The average molecular weight is 483 g/mol. The molecule has 2 fully saturated rings. The minimum absolute atomic E-state index is 0.0252. The predicted molar refractivity (Wildman–Crippen MR) is 131 cm³/mol. The first-order valence-electron chi connectivity index (χ1n) is 11.3. The summed E-state index contributed by atoms with van der Waals surface area (Å²) in [5.41, 5.74) is 4.32. The molecule has 8 nitrogen and oxygen atoms in total. The number of carbonyl (C=O) groups is 2. The Bertz CT molecular complexity index is 1220. The molecular formula is C25H30N4O4S. The zero-order chi connectivity index (χ0) is 24.5. The Morgan fingerprint density at radius 2 is 1.85 bits per heavy atom. The smallest absolute Gasteiger partial charge is 0.332 e. The van der Waals surface area contributed by atoms with Crippen LogP contribution in [0.1, 0.15) is 16.7 Å². The molecule has 2 heterocycles. The zero-order valence-corrected chi connectivity index (χ0v) is 20.3. The van der Waals surface area contributed by atoms with E-state index < -0.39 is 22.1 Å². The lowest BCUT2D eigenvalue weighted by molar-refractivity contribution is -0.133. The SMILES string of the molecule is C=CCc1cccc(S(=O)(=O)N2CC(C(=O)N3CCN(c4cc(C)ccc4C)CC3)NC2=O)c1. The molecule has 0 bridgehead atoms. The maximum absolute atomic E-state index is 13.1. The van der Waals surface area contributed by atoms with Gasteiger partial charge in [-0.05, 0) is 55.2 Å². The van der Waals surface area contributed by atoms with Crippen molar-refractivity contribution in [1.82, 2.24) is 14.5 Å². The summed E-state index contributed by atoms with van der Waals surface area (Å²) < 4.78 is 27.0. The minimum Gasteiger partial charge on any atom is -0.368 e. The summed E-state index contributed by atoms with van der Waals surface area (Å²) in [6.07, 6.45) is 2.20. The topological polar surface area (TPSA) is 90.0 Å². The molecule has 34 heavy (non-hydrogen) atoms. The lowest BCUT2D eigenvalue weighted by Gasteiger charge is -2.37. The Hall–Kier alpha value is -3.33. The molecule has 2 aromatic rings. The fourth-order valence-electron chi connectivity index (χ4n) is 4.44. The van der Waals surface area contributed by atoms with E-state index in [0.29, 0.717) is 32.6 Å². The number of nitrogens with zero attached hydrogens (tertiary/aromatic N) is 3. The molecule has 3 amide bonds. The Morgan fingerprint density at radius 1 is 1.12 bits per heavy atom.